The van der Waals surface area contributed by atoms with Crippen LogP contribution in [0.3, 0.4) is 0 Å². The van der Waals surface area contributed by atoms with Crippen molar-refractivity contribution in [3.63, 3.8) is 0 Å². The van der Waals surface area contributed by atoms with Gasteiger partial charge in [-0.1, -0.05) is 30.3 Å². The van der Waals surface area contributed by atoms with Gasteiger partial charge in [-0.05, 0) is 55.2 Å². The van der Waals surface area contributed by atoms with E-state index in [0.29, 0.717) is 12.0 Å². The van der Waals surface area contributed by atoms with Crippen LogP contribution in [-0.2, 0) is 16.0 Å². The number of benzene rings is 2. The molecule has 3 nitrogen and oxygen atoms in total. The van der Waals surface area contributed by atoms with E-state index < -0.39 is 23.8 Å². The Morgan fingerprint density at radius 3 is 2.52 bits per heavy atom. The van der Waals surface area contributed by atoms with Crippen LogP contribution >= 0.6 is 0 Å². The molecule has 0 spiro atoms. The lowest BCUT2D eigenvalue weighted by atomic mass is 9.94. The van der Waals surface area contributed by atoms with Crippen LogP contribution in [-0.4, -0.2) is 24.9 Å². The van der Waals surface area contributed by atoms with Crippen molar-refractivity contribution in [1.29, 1.82) is 0 Å². The van der Waals surface area contributed by atoms with Gasteiger partial charge in [-0.2, -0.15) is 13.2 Å². The van der Waals surface area contributed by atoms with Crippen LogP contribution in [0.5, 0.6) is 5.75 Å². The van der Waals surface area contributed by atoms with Crippen molar-refractivity contribution in [3.8, 4) is 5.75 Å². The Morgan fingerprint density at radius 2 is 1.89 bits per heavy atom. The Kier molecular flexibility index (Phi) is 5.26. The molecule has 0 aliphatic carbocycles. The highest BCUT2D eigenvalue weighted by Gasteiger charge is 2.48. The van der Waals surface area contributed by atoms with Crippen molar-refractivity contribution < 1.29 is 27.4 Å². The SMILES string of the molecule is CCOC(=O)C1=Cc2cc(C)c(Cc3ccccc3)cc2OC1C(F)(F)F. The zero-order chi connectivity index (χ0) is 19.6. The molecule has 1 aliphatic rings. The molecule has 1 aliphatic heterocycles. The number of hydrogen-bond acceptors (Lipinski definition) is 3. The van der Waals surface area contributed by atoms with Crippen LogP contribution in [0.15, 0.2) is 48.0 Å². The molecule has 1 unspecified atom stereocenters. The number of hydrogen-bond donors (Lipinski definition) is 0. The average Bonchev–Trinajstić information content (AvgIpc) is 2.61. The molecule has 3 rings (SSSR count). The first kappa shape index (κ1) is 19.0. The molecule has 0 saturated carbocycles. The molecule has 0 N–H and O–H groups in total. The number of carbonyl (C=O) groups is 1. The number of aryl methyl sites for hydroxylation is 1. The van der Waals surface area contributed by atoms with Gasteiger partial charge in [-0.25, -0.2) is 4.79 Å². The average molecular weight is 376 g/mol. The van der Waals surface area contributed by atoms with E-state index in [2.05, 4.69) is 0 Å². The van der Waals surface area contributed by atoms with Gasteiger partial charge in [0.1, 0.15) is 5.75 Å². The molecule has 0 radical (unpaired) electrons. The van der Waals surface area contributed by atoms with E-state index in [1.807, 2.05) is 37.3 Å². The van der Waals surface area contributed by atoms with Crippen LogP contribution in [0.1, 0.15) is 29.2 Å². The number of alkyl halides is 3. The summed E-state index contributed by atoms with van der Waals surface area (Å²) in [6.07, 6.45) is -5.26. The van der Waals surface area contributed by atoms with E-state index in [4.69, 9.17) is 9.47 Å². The van der Waals surface area contributed by atoms with Crippen LogP contribution in [0.2, 0.25) is 0 Å². The molecule has 142 valence electrons. The van der Waals surface area contributed by atoms with Gasteiger partial charge in [0.2, 0.25) is 6.10 Å². The minimum Gasteiger partial charge on any atom is -0.475 e. The maximum Gasteiger partial charge on any atom is 0.430 e. The summed E-state index contributed by atoms with van der Waals surface area (Å²) in [6.45, 7) is 3.41. The number of halogens is 3. The zero-order valence-corrected chi connectivity index (χ0v) is 15.0. The second kappa shape index (κ2) is 7.47. The van der Waals surface area contributed by atoms with Gasteiger partial charge in [0, 0.05) is 5.56 Å². The molecule has 0 aromatic heterocycles. The predicted molar refractivity (Wildman–Crippen MR) is 95.5 cm³/mol. The molecule has 6 heteroatoms. The van der Waals surface area contributed by atoms with Gasteiger partial charge in [0.15, 0.2) is 0 Å². The van der Waals surface area contributed by atoms with Crippen molar-refractivity contribution >= 4 is 12.0 Å². The Morgan fingerprint density at radius 1 is 1.19 bits per heavy atom. The Labute approximate surface area is 155 Å². The molecule has 0 amide bonds. The third-order valence-corrected chi connectivity index (χ3v) is 4.35. The summed E-state index contributed by atoms with van der Waals surface area (Å²) in [6, 6.07) is 13.0. The van der Waals surface area contributed by atoms with Gasteiger partial charge in [-0.3, -0.25) is 0 Å². The van der Waals surface area contributed by atoms with Crippen LogP contribution in [0.25, 0.3) is 6.08 Å². The number of carbonyl (C=O) groups excluding carboxylic acids is 1. The van der Waals surface area contributed by atoms with Gasteiger partial charge in [-0.15, -0.1) is 0 Å². The zero-order valence-electron chi connectivity index (χ0n) is 15.0. The quantitative estimate of drug-likeness (QED) is 0.715. The summed E-state index contributed by atoms with van der Waals surface area (Å²) in [5.74, 6) is -0.904. The molecule has 27 heavy (non-hydrogen) atoms. The van der Waals surface area contributed by atoms with E-state index in [0.717, 1.165) is 16.7 Å². The number of fused-ring (bicyclic) bond motifs is 1. The molecule has 0 fully saturated rings. The summed E-state index contributed by atoms with van der Waals surface area (Å²) < 4.78 is 50.3. The monoisotopic (exact) mass is 376 g/mol. The maximum absolute atomic E-state index is 13.4. The summed E-state index contributed by atoms with van der Waals surface area (Å²) >= 11 is 0. The van der Waals surface area contributed by atoms with E-state index in [-0.39, 0.29) is 12.4 Å². The fraction of sp³-hybridized carbons (Fsp3) is 0.286. The van der Waals surface area contributed by atoms with Crippen LogP contribution in [0.4, 0.5) is 13.2 Å². The first-order valence-corrected chi connectivity index (χ1v) is 8.59. The normalized spacial score (nSPS) is 16.2. The van der Waals surface area contributed by atoms with E-state index in [1.165, 1.54) is 6.08 Å². The largest absolute Gasteiger partial charge is 0.475 e. The van der Waals surface area contributed by atoms with Crippen molar-refractivity contribution in [3.05, 3.63) is 70.3 Å². The minimum absolute atomic E-state index is 0.0113. The molecular weight excluding hydrogens is 357 g/mol. The lowest BCUT2D eigenvalue weighted by molar-refractivity contribution is -0.187. The van der Waals surface area contributed by atoms with Crippen molar-refractivity contribution in [2.75, 3.05) is 6.61 Å². The van der Waals surface area contributed by atoms with Crippen LogP contribution < -0.4 is 4.74 Å². The third kappa shape index (κ3) is 4.15. The molecule has 1 heterocycles. The lowest BCUT2D eigenvalue weighted by Crippen LogP contribution is -2.40. The van der Waals surface area contributed by atoms with Gasteiger partial charge in [0.25, 0.3) is 0 Å². The van der Waals surface area contributed by atoms with Crippen molar-refractivity contribution in [2.45, 2.75) is 32.5 Å². The van der Waals surface area contributed by atoms with Crippen LogP contribution in [0, 0.1) is 6.92 Å². The smallest absolute Gasteiger partial charge is 0.430 e. The highest BCUT2D eigenvalue weighted by atomic mass is 19.4. The highest BCUT2D eigenvalue weighted by molar-refractivity contribution is 5.96. The molecule has 0 bridgehead atoms. The van der Waals surface area contributed by atoms with Gasteiger partial charge < -0.3 is 9.47 Å². The van der Waals surface area contributed by atoms with E-state index in [1.54, 1.807) is 19.1 Å². The molecule has 1 atom stereocenters. The van der Waals surface area contributed by atoms with Crippen molar-refractivity contribution in [1.82, 2.24) is 0 Å². The summed E-state index contributed by atoms with van der Waals surface area (Å²) in [4.78, 5) is 12.0. The molecule has 2 aromatic rings. The number of esters is 1. The second-order valence-electron chi connectivity index (χ2n) is 6.34. The minimum atomic E-state index is -4.72. The predicted octanol–water partition coefficient (Wildman–Crippen LogP) is 4.86. The summed E-state index contributed by atoms with van der Waals surface area (Å²) in [5.41, 5.74) is 2.73. The van der Waals surface area contributed by atoms with E-state index >= 15 is 0 Å². The molecular formula is C21H19F3O3. The second-order valence-corrected chi connectivity index (χ2v) is 6.34. The van der Waals surface area contributed by atoms with Gasteiger partial charge >= 0.3 is 12.1 Å². The Hall–Kier alpha value is -2.76. The summed E-state index contributed by atoms with van der Waals surface area (Å²) in [5, 5.41) is 0. The number of rotatable bonds is 4. The van der Waals surface area contributed by atoms with Gasteiger partial charge in [0.05, 0.1) is 12.2 Å². The standard InChI is InChI=1S/C21H19F3O3/c1-3-26-20(25)17-11-16-9-13(2)15(10-14-7-5-4-6-8-14)12-18(16)27-19(17)21(22,23)24/h4-9,11-12,19H,3,10H2,1-2H3. The Bertz CT molecular complexity index is 870. The fourth-order valence-electron chi connectivity index (χ4n) is 3.03. The molecule has 0 saturated heterocycles. The van der Waals surface area contributed by atoms with E-state index in [9.17, 15) is 18.0 Å². The lowest BCUT2D eigenvalue weighted by Gasteiger charge is -2.28. The Balaban J connectivity index is 2.00. The third-order valence-electron chi connectivity index (χ3n) is 4.35. The maximum atomic E-state index is 13.4. The first-order chi connectivity index (χ1) is 12.8. The number of ether oxygens (including phenoxy) is 2. The summed E-state index contributed by atoms with van der Waals surface area (Å²) in [7, 11) is 0. The molecule has 2 aromatic carbocycles. The highest BCUT2D eigenvalue weighted by Crippen LogP contribution is 2.39. The van der Waals surface area contributed by atoms with Crippen molar-refractivity contribution in [2.24, 2.45) is 0 Å². The fourth-order valence-corrected chi connectivity index (χ4v) is 3.03. The topological polar surface area (TPSA) is 35.5 Å². The first-order valence-electron chi connectivity index (χ1n) is 8.59.